The van der Waals surface area contributed by atoms with Gasteiger partial charge in [-0.2, -0.15) is 5.06 Å². The summed E-state index contributed by atoms with van der Waals surface area (Å²) in [7, 11) is 0. The first-order valence-corrected chi connectivity index (χ1v) is 4.18. The van der Waals surface area contributed by atoms with E-state index in [1.54, 1.807) is 0 Å². The first-order valence-electron chi connectivity index (χ1n) is 4.18. The maximum Gasteiger partial charge on any atom is 0.0421 e. The van der Waals surface area contributed by atoms with Crippen molar-refractivity contribution in [2.75, 3.05) is 13.1 Å². The summed E-state index contributed by atoms with van der Waals surface area (Å²) in [5, 5.41) is 10.4. The van der Waals surface area contributed by atoms with Gasteiger partial charge in [-0.15, -0.1) is 0 Å². The highest BCUT2D eigenvalue weighted by molar-refractivity contribution is 5.01. The summed E-state index contributed by atoms with van der Waals surface area (Å²) in [5.74, 6) is 0.584. The van der Waals surface area contributed by atoms with Gasteiger partial charge < -0.3 is 5.21 Å². The SMILES string of the molecule is CCN(O)C/C=C(\C)C(C)C. The summed E-state index contributed by atoms with van der Waals surface area (Å²) in [6, 6.07) is 0. The zero-order valence-electron chi connectivity index (χ0n) is 7.96. The molecule has 0 atom stereocenters. The van der Waals surface area contributed by atoms with Crippen molar-refractivity contribution in [3.8, 4) is 0 Å². The smallest absolute Gasteiger partial charge is 0.0421 e. The second-order valence-corrected chi connectivity index (χ2v) is 3.11. The van der Waals surface area contributed by atoms with Crippen LogP contribution in [0.5, 0.6) is 0 Å². The van der Waals surface area contributed by atoms with Crippen LogP contribution in [-0.2, 0) is 0 Å². The first kappa shape index (κ1) is 10.7. The highest BCUT2D eigenvalue weighted by Gasteiger charge is 1.97. The summed E-state index contributed by atoms with van der Waals surface area (Å²) in [4.78, 5) is 0. The predicted molar refractivity (Wildman–Crippen MR) is 47.6 cm³/mol. The highest BCUT2D eigenvalue weighted by atomic mass is 16.5. The van der Waals surface area contributed by atoms with Crippen LogP contribution in [0.2, 0.25) is 0 Å². The van der Waals surface area contributed by atoms with Gasteiger partial charge in [-0.05, 0) is 12.8 Å². The number of rotatable bonds is 4. The monoisotopic (exact) mass is 157 g/mol. The summed E-state index contributed by atoms with van der Waals surface area (Å²) in [6.45, 7) is 9.65. The van der Waals surface area contributed by atoms with Crippen molar-refractivity contribution in [3.63, 3.8) is 0 Å². The molecule has 0 aliphatic rings. The topological polar surface area (TPSA) is 23.5 Å². The van der Waals surface area contributed by atoms with Gasteiger partial charge in [0.15, 0.2) is 0 Å². The van der Waals surface area contributed by atoms with Gasteiger partial charge in [-0.25, -0.2) is 0 Å². The van der Waals surface area contributed by atoms with Gasteiger partial charge in [0.25, 0.3) is 0 Å². The van der Waals surface area contributed by atoms with Crippen molar-refractivity contribution in [1.29, 1.82) is 0 Å². The van der Waals surface area contributed by atoms with E-state index in [4.69, 9.17) is 5.21 Å². The molecule has 0 amide bonds. The normalized spacial score (nSPS) is 13.2. The molecule has 0 bridgehead atoms. The Hall–Kier alpha value is -0.340. The van der Waals surface area contributed by atoms with Gasteiger partial charge >= 0.3 is 0 Å². The van der Waals surface area contributed by atoms with E-state index >= 15 is 0 Å². The van der Waals surface area contributed by atoms with Gasteiger partial charge in [0.1, 0.15) is 0 Å². The summed E-state index contributed by atoms with van der Waals surface area (Å²) in [5.41, 5.74) is 1.33. The molecule has 11 heavy (non-hydrogen) atoms. The number of hydrogen-bond donors (Lipinski definition) is 1. The van der Waals surface area contributed by atoms with Crippen molar-refractivity contribution < 1.29 is 5.21 Å². The number of hydroxylamine groups is 2. The van der Waals surface area contributed by atoms with Crippen molar-refractivity contribution in [3.05, 3.63) is 11.6 Å². The molecular weight excluding hydrogens is 138 g/mol. The van der Waals surface area contributed by atoms with E-state index in [2.05, 4.69) is 26.8 Å². The van der Waals surface area contributed by atoms with Gasteiger partial charge in [0, 0.05) is 13.1 Å². The molecule has 0 fully saturated rings. The van der Waals surface area contributed by atoms with Crippen LogP contribution >= 0.6 is 0 Å². The summed E-state index contributed by atoms with van der Waals surface area (Å²) >= 11 is 0. The zero-order valence-corrected chi connectivity index (χ0v) is 7.96. The highest BCUT2D eigenvalue weighted by Crippen LogP contribution is 2.06. The summed E-state index contributed by atoms with van der Waals surface area (Å²) in [6.07, 6.45) is 2.06. The molecular formula is C9H19NO. The van der Waals surface area contributed by atoms with Crippen LogP contribution < -0.4 is 0 Å². The van der Waals surface area contributed by atoms with Crippen molar-refractivity contribution in [1.82, 2.24) is 5.06 Å². The average molecular weight is 157 g/mol. The Labute approximate surface area is 69.5 Å². The Morgan fingerprint density at radius 1 is 1.55 bits per heavy atom. The maximum absolute atomic E-state index is 9.08. The van der Waals surface area contributed by atoms with Gasteiger partial charge in [0.05, 0.1) is 0 Å². The number of likely N-dealkylation sites (N-methyl/N-ethyl adjacent to an activating group) is 1. The van der Waals surface area contributed by atoms with Crippen LogP contribution in [0.3, 0.4) is 0 Å². The average Bonchev–Trinajstić information content (AvgIpc) is 1.99. The summed E-state index contributed by atoms with van der Waals surface area (Å²) < 4.78 is 0. The minimum absolute atomic E-state index is 0.584. The lowest BCUT2D eigenvalue weighted by molar-refractivity contribution is -0.0755. The Morgan fingerprint density at radius 2 is 2.09 bits per heavy atom. The third kappa shape index (κ3) is 4.99. The molecule has 0 aromatic heterocycles. The van der Waals surface area contributed by atoms with Gasteiger partial charge in [-0.1, -0.05) is 32.4 Å². The molecule has 0 heterocycles. The fourth-order valence-electron chi connectivity index (χ4n) is 0.614. The largest absolute Gasteiger partial charge is 0.314 e. The molecule has 66 valence electrons. The van der Waals surface area contributed by atoms with Crippen molar-refractivity contribution in [2.45, 2.75) is 27.7 Å². The third-order valence-corrected chi connectivity index (χ3v) is 1.90. The van der Waals surface area contributed by atoms with Crippen LogP contribution in [0, 0.1) is 5.92 Å². The number of nitrogens with zero attached hydrogens (tertiary/aromatic N) is 1. The van der Waals surface area contributed by atoms with E-state index in [-0.39, 0.29) is 0 Å². The van der Waals surface area contributed by atoms with Crippen molar-refractivity contribution in [2.24, 2.45) is 5.92 Å². The molecule has 0 rings (SSSR count). The van der Waals surface area contributed by atoms with E-state index in [0.717, 1.165) is 0 Å². The zero-order chi connectivity index (χ0) is 8.85. The minimum Gasteiger partial charge on any atom is -0.314 e. The molecule has 0 aliphatic heterocycles. The molecule has 1 N–H and O–H groups in total. The van der Waals surface area contributed by atoms with Crippen LogP contribution in [0.1, 0.15) is 27.7 Å². The molecule has 0 aromatic carbocycles. The van der Waals surface area contributed by atoms with E-state index in [1.165, 1.54) is 10.6 Å². The fourth-order valence-corrected chi connectivity index (χ4v) is 0.614. The Balaban J connectivity index is 3.72. The molecule has 0 saturated carbocycles. The molecule has 0 aromatic rings. The molecule has 2 nitrogen and oxygen atoms in total. The molecule has 0 unspecified atom stereocenters. The maximum atomic E-state index is 9.08. The quantitative estimate of drug-likeness (QED) is 0.500. The van der Waals surface area contributed by atoms with Crippen molar-refractivity contribution >= 4 is 0 Å². The Morgan fingerprint density at radius 3 is 2.45 bits per heavy atom. The van der Waals surface area contributed by atoms with Gasteiger partial charge in [0.2, 0.25) is 0 Å². The van der Waals surface area contributed by atoms with E-state index < -0.39 is 0 Å². The van der Waals surface area contributed by atoms with Gasteiger partial charge in [-0.3, -0.25) is 0 Å². The molecule has 0 saturated heterocycles. The second kappa shape index (κ2) is 5.33. The molecule has 2 heteroatoms. The second-order valence-electron chi connectivity index (χ2n) is 3.11. The molecule has 0 aliphatic carbocycles. The van der Waals surface area contributed by atoms with E-state index in [1.807, 2.05) is 6.92 Å². The minimum atomic E-state index is 0.584. The first-order chi connectivity index (χ1) is 5.07. The lowest BCUT2D eigenvalue weighted by Gasteiger charge is -2.10. The fraction of sp³-hybridized carbons (Fsp3) is 0.778. The van der Waals surface area contributed by atoms with Crippen LogP contribution in [0.4, 0.5) is 0 Å². The van der Waals surface area contributed by atoms with Crippen LogP contribution in [0.25, 0.3) is 0 Å². The van der Waals surface area contributed by atoms with Crippen LogP contribution in [0.15, 0.2) is 11.6 Å². The molecule has 0 spiro atoms. The number of allylic oxidation sites excluding steroid dienone is 1. The van der Waals surface area contributed by atoms with Crippen LogP contribution in [-0.4, -0.2) is 23.4 Å². The Kier molecular flexibility index (Phi) is 5.16. The molecule has 0 radical (unpaired) electrons. The predicted octanol–water partition coefficient (Wildman–Crippen LogP) is 2.30. The lowest BCUT2D eigenvalue weighted by atomic mass is 10.1. The van der Waals surface area contributed by atoms with E-state index in [9.17, 15) is 0 Å². The lowest BCUT2D eigenvalue weighted by Crippen LogP contribution is -2.18. The third-order valence-electron chi connectivity index (χ3n) is 1.90. The Bertz CT molecular complexity index is 130. The number of hydrogen-bond acceptors (Lipinski definition) is 2. The standard InChI is InChI=1S/C9H19NO/c1-5-10(11)7-6-9(4)8(2)3/h6,8,11H,5,7H2,1-4H3/b9-6+. The van der Waals surface area contributed by atoms with E-state index in [0.29, 0.717) is 19.0 Å².